The molecule has 4 rings (SSSR count). The molecule has 2 fully saturated rings. The number of rotatable bonds is 2. The molecule has 2 nitrogen and oxygen atoms in total. The number of fused-ring (bicyclic) bond motifs is 3. The summed E-state index contributed by atoms with van der Waals surface area (Å²) in [5, 5.41) is 1.82. The molecular formula is C19H22ClNOS. The maximum Gasteiger partial charge on any atom is 0.264 e. The molecule has 0 N–H and O–H groups in total. The second-order valence-corrected chi connectivity index (χ2v) is 8.62. The Morgan fingerprint density at radius 3 is 2.96 bits per heavy atom. The first-order valence-electron chi connectivity index (χ1n) is 8.57. The molecule has 4 atom stereocenters. The van der Waals surface area contributed by atoms with E-state index in [1.165, 1.54) is 30.6 Å². The number of likely N-dealkylation sites (tertiary alicyclic amines) is 1. The van der Waals surface area contributed by atoms with Gasteiger partial charge >= 0.3 is 0 Å². The minimum atomic E-state index is 0.207. The third-order valence-corrected chi connectivity index (χ3v) is 7.54. The molecule has 1 aliphatic carbocycles. The van der Waals surface area contributed by atoms with Gasteiger partial charge in [-0.25, -0.2) is 0 Å². The van der Waals surface area contributed by atoms with Crippen molar-refractivity contribution >= 4 is 38.9 Å². The second-order valence-electron chi connectivity index (χ2n) is 7.16. The molecule has 2 heterocycles. The maximum absolute atomic E-state index is 13.1. The van der Waals surface area contributed by atoms with Crippen LogP contribution in [0.5, 0.6) is 0 Å². The fourth-order valence-corrected chi connectivity index (χ4v) is 5.81. The Morgan fingerprint density at radius 2 is 2.22 bits per heavy atom. The van der Waals surface area contributed by atoms with E-state index in [1.807, 2.05) is 24.3 Å². The van der Waals surface area contributed by atoms with Crippen molar-refractivity contribution in [3.05, 3.63) is 34.2 Å². The molecule has 1 saturated heterocycles. The van der Waals surface area contributed by atoms with E-state index in [0.717, 1.165) is 32.4 Å². The molecule has 0 spiro atoms. The van der Waals surface area contributed by atoms with Crippen molar-refractivity contribution in [3.8, 4) is 0 Å². The van der Waals surface area contributed by atoms with Crippen LogP contribution in [-0.4, -0.2) is 23.4 Å². The van der Waals surface area contributed by atoms with Crippen LogP contribution in [0, 0.1) is 17.8 Å². The summed E-state index contributed by atoms with van der Waals surface area (Å²) in [7, 11) is 0. The van der Waals surface area contributed by atoms with E-state index in [0.29, 0.717) is 17.9 Å². The van der Waals surface area contributed by atoms with E-state index >= 15 is 0 Å². The molecule has 4 heteroatoms. The maximum atomic E-state index is 13.1. The van der Waals surface area contributed by atoms with Gasteiger partial charge in [-0.2, -0.15) is 0 Å². The first-order valence-corrected chi connectivity index (χ1v) is 9.77. The summed E-state index contributed by atoms with van der Waals surface area (Å²) in [6.45, 7) is 5.54. The lowest BCUT2D eigenvalue weighted by Crippen LogP contribution is -2.38. The van der Waals surface area contributed by atoms with Crippen molar-refractivity contribution in [2.75, 3.05) is 6.54 Å². The van der Waals surface area contributed by atoms with Gasteiger partial charge in [-0.1, -0.05) is 44.0 Å². The molecule has 0 radical (unpaired) electrons. The Labute approximate surface area is 146 Å². The van der Waals surface area contributed by atoms with Gasteiger partial charge in [0.25, 0.3) is 5.91 Å². The monoisotopic (exact) mass is 347 g/mol. The minimum absolute atomic E-state index is 0.207. The van der Waals surface area contributed by atoms with Gasteiger partial charge in [-0.3, -0.25) is 4.79 Å². The summed E-state index contributed by atoms with van der Waals surface area (Å²) in [5.74, 6) is 2.31. The van der Waals surface area contributed by atoms with Crippen molar-refractivity contribution in [1.82, 2.24) is 4.90 Å². The van der Waals surface area contributed by atoms with Crippen LogP contribution >= 0.6 is 22.9 Å². The van der Waals surface area contributed by atoms with E-state index in [1.54, 1.807) is 0 Å². The van der Waals surface area contributed by atoms with Gasteiger partial charge in [0, 0.05) is 12.6 Å². The van der Waals surface area contributed by atoms with E-state index in [-0.39, 0.29) is 5.91 Å². The number of amides is 1. The minimum Gasteiger partial charge on any atom is -0.334 e. The number of hydrogen-bond acceptors (Lipinski definition) is 2. The normalized spacial score (nSPS) is 30.1. The standard InChI is InChI=1S/C19H22ClNOS/c1-3-12-7-14-10-21(16(8-12)11(14)2)19(22)17-9-13-5-4-6-15(20)18(13)23-17/h4-6,9,11-12,14,16H,3,7-8,10H2,1-2H3/t11-,12+,14-,16-/m1/s1. The number of nitrogens with zero attached hydrogens (tertiary/aromatic N) is 1. The second kappa shape index (κ2) is 5.78. The number of carbonyl (C=O) groups excluding carboxylic acids is 1. The topological polar surface area (TPSA) is 20.3 Å². The molecule has 23 heavy (non-hydrogen) atoms. The Morgan fingerprint density at radius 1 is 1.39 bits per heavy atom. The largest absolute Gasteiger partial charge is 0.334 e. The Balaban J connectivity index is 1.65. The number of hydrogen-bond donors (Lipinski definition) is 0. The van der Waals surface area contributed by atoms with Gasteiger partial charge in [0.2, 0.25) is 0 Å². The average Bonchev–Trinajstić information content (AvgIpc) is 3.04. The molecule has 2 aromatic rings. The highest BCUT2D eigenvalue weighted by molar-refractivity contribution is 7.21. The highest BCUT2D eigenvalue weighted by Gasteiger charge is 2.46. The van der Waals surface area contributed by atoms with Crippen LogP contribution in [0.3, 0.4) is 0 Å². The predicted octanol–water partition coefficient (Wildman–Crippen LogP) is 5.45. The third-order valence-electron chi connectivity index (χ3n) is 5.94. The highest BCUT2D eigenvalue weighted by Crippen LogP contribution is 2.45. The summed E-state index contributed by atoms with van der Waals surface area (Å²) in [4.78, 5) is 16.1. The lowest BCUT2D eigenvalue weighted by Gasteiger charge is -2.33. The summed E-state index contributed by atoms with van der Waals surface area (Å²) >= 11 is 7.81. The van der Waals surface area contributed by atoms with Crippen molar-refractivity contribution in [2.24, 2.45) is 17.8 Å². The molecule has 1 saturated carbocycles. The molecule has 122 valence electrons. The van der Waals surface area contributed by atoms with Crippen molar-refractivity contribution in [1.29, 1.82) is 0 Å². The number of benzene rings is 1. The molecule has 1 aromatic carbocycles. The third kappa shape index (κ3) is 2.49. The van der Waals surface area contributed by atoms with Crippen LogP contribution in [0.4, 0.5) is 0 Å². The van der Waals surface area contributed by atoms with Gasteiger partial charge < -0.3 is 4.90 Å². The number of thiophene rings is 1. The summed E-state index contributed by atoms with van der Waals surface area (Å²) in [6.07, 6.45) is 3.70. The van der Waals surface area contributed by atoms with Gasteiger partial charge in [-0.15, -0.1) is 11.3 Å². The first kappa shape index (κ1) is 15.5. The molecular weight excluding hydrogens is 326 g/mol. The smallest absolute Gasteiger partial charge is 0.264 e. The molecule has 2 aliphatic rings. The van der Waals surface area contributed by atoms with Crippen LogP contribution < -0.4 is 0 Å². The number of carbonyl (C=O) groups is 1. The van der Waals surface area contributed by atoms with Gasteiger partial charge in [0.15, 0.2) is 0 Å². The molecule has 1 aliphatic heterocycles. The SMILES string of the molecule is CC[C@H]1C[C@@H]2CN(C(=O)c3cc4cccc(Cl)c4s3)[C@H](C1)[C@@H]2C. The lowest BCUT2D eigenvalue weighted by molar-refractivity contribution is 0.0703. The Hall–Kier alpha value is -1.06. The number of halogens is 1. The van der Waals surface area contributed by atoms with Crippen LogP contribution in [0.2, 0.25) is 5.02 Å². The van der Waals surface area contributed by atoms with E-state index in [4.69, 9.17) is 11.6 Å². The van der Waals surface area contributed by atoms with E-state index < -0.39 is 0 Å². The quantitative estimate of drug-likeness (QED) is 0.707. The zero-order valence-corrected chi connectivity index (χ0v) is 15.2. The van der Waals surface area contributed by atoms with E-state index in [9.17, 15) is 4.79 Å². The summed E-state index contributed by atoms with van der Waals surface area (Å²) in [6, 6.07) is 8.31. The van der Waals surface area contributed by atoms with Crippen molar-refractivity contribution < 1.29 is 4.79 Å². The fraction of sp³-hybridized carbons (Fsp3) is 0.526. The Bertz CT molecular complexity index is 755. The predicted molar refractivity (Wildman–Crippen MR) is 97.3 cm³/mol. The van der Waals surface area contributed by atoms with Crippen molar-refractivity contribution in [3.63, 3.8) is 0 Å². The lowest BCUT2D eigenvalue weighted by atomic mass is 9.74. The summed E-state index contributed by atoms with van der Waals surface area (Å²) in [5.41, 5.74) is 0. The van der Waals surface area contributed by atoms with Crippen molar-refractivity contribution in [2.45, 2.75) is 39.2 Å². The zero-order valence-electron chi connectivity index (χ0n) is 13.6. The van der Waals surface area contributed by atoms with E-state index in [2.05, 4.69) is 18.7 Å². The van der Waals surface area contributed by atoms with Crippen LogP contribution in [0.15, 0.2) is 24.3 Å². The molecule has 2 bridgehead atoms. The highest BCUT2D eigenvalue weighted by atomic mass is 35.5. The average molecular weight is 348 g/mol. The first-order chi connectivity index (χ1) is 11.1. The molecule has 1 amide bonds. The van der Waals surface area contributed by atoms with Gasteiger partial charge in [0.1, 0.15) is 0 Å². The van der Waals surface area contributed by atoms with Crippen LogP contribution in [0.1, 0.15) is 42.8 Å². The van der Waals surface area contributed by atoms with Gasteiger partial charge in [0.05, 0.1) is 14.6 Å². The van der Waals surface area contributed by atoms with Crippen LogP contribution in [0.25, 0.3) is 10.1 Å². The molecule has 0 unspecified atom stereocenters. The zero-order chi connectivity index (χ0) is 16.1. The van der Waals surface area contributed by atoms with Gasteiger partial charge in [-0.05, 0) is 48.1 Å². The molecule has 1 aromatic heterocycles. The summed E-state index contributed by atoms with van der Waals surface area (Å²) < 4.78 is 1.03. The Kier molecular flexibility index (Phi) is 3.89. The van der Waals surface area contributed by atoms with Crippen LogP contribution in [-0.2, 0) is 0 Å². The fourth-order valence-electron chi connectivity index (χ4n) is 4.49.